The Hall–Kier alpha value is -1.38. The van der Waals surface area contributed by atoms with E-state index in [0.717, 1.165) is 26.3 Å². The molecule has 1 aromatic carbocycles. The molecular weight excluding hydrogens is 352 g/mol. The second kappa shape index (κ2) is 7.46. The van der Waals surface area contributed by atoms with Gasteiger partial charge in [0, 0.05) is 4.90 Å². The van der Waals surface area contributed by atoms with Gasteiger partial charge in [0.15, 0.2) is 16.6 Å². The largest absolute Gasteiger partial charge is 0.486 e. The summed E-state index contributed by atoms with van der Waals surface area (Å²) < 4.78 is 12.2. The topological polar surface area (TPSA) is 60.5 Å². The fourth-order valence-corrected chi connectivity index (χ4v) is 4.40. The van der Waals surface area contributed by atoms with Crippen molar-refractivity contribution in [3.63, 3.8) is 0 Å². The number of hydrogen-bond donors (Lipinski definition) is 1. The number of thiazole rings is 1. The minimum absolute atomic E-state index is 0.0636. The number of carbonyl (C=O) groups excluding carboxylic acids is 1. The summed E-state index contributed by atoms with van der Waals surface area (Å²) in [5, 5.41) is 3.50. The zero-order valence-electron chi connectivity index (χ0n) is 12.8. The molecule has 0 unspecified atom stereocenters. The van der Waals surface area contributed by atoms with Gasteiger partial charge in [0.25, 0.3) is 0 Å². The van der Waals surface area contributed by atoms with E-state index in [-0.39, 0.29) is 5.91 Å². The first-order valence-corrected chi connectivity index (χ1v) is 10.0. The lowest BCUT2D eigenvalue weighted by molar-refractivity contribution is -0.113. The van der Waals surface area contributed by atoms with Crippen LogP contribution in [0.4, 0.5) is 5.13 Å². The molecule has 0 saturated heterocycles. The number of fused-ring (bicyclic) bond motifs is 1. The van der Waals surface area contributed by atoms with Crippen LogP contribution in [0.25, 0.3) is 0 Å². The SMILES string of the molecule is CSc1sc(NC(=O)CSc2ccc3c(c2)OCCO3)nc1C. The van der Waals surface area contributed by atoms with E-state index in [9.17, 15) is 4.79 Å². The van der Waals surface area contributed by atoms with Gasteiger partial charge in [-0.2, -0.15) is 0 Å². The van der Waals surface area contributed by atoms with Gasteiger partial charge < -0.3 is 14.8 Å². The van der Waals surface area contributed by atoms with E-state index in [1.807, 2.05) is 31.4 Å². The number of nitrogens with one attached hydrogen (secondary N) is 1. The van der Waals surface area contributed by atoms with E-state index in [1.165, 1.54) is 23.1 Å². The van der Waals surface area contributed by atoms with Gasteiger partial charge in [0.2, 0.25) is 5.91 Å². The summed E-state index contributed by atoms with van der Waals surface area (Å²) in [7, 11) is 0. The molecule has 1 amide bonds. The van der Waals surface area contributed by atoms with Crippen LogP contribution in [0.5, 0.6) is 11.5 Å². The number of aryl methyl sites for hydroxylation is 1. The number of anilines is 1. The summed E-state index contributed by atoms with van der Waals surface area (Å²) in [5.74, 6) is 1.76. The van der Waals surface area contributed by atoms with Crippen molar-refractivity contribution in [1.82, 2.24) is 4.98 Å². The van der Waals surface area contributed by atoms with Crippen molar-refractivity contribution in [2.24, 2.45) is 0 Å². The van der Waals surface area contributed by atoms with Crippen LogP contribution in [-0.4, -0.2) is 36.1 Å². The smallest absolute Gasteiger partial charge is 0.236 e. The Labute approximate surface area is 147 Å². The fourth-order valence-electron chi connectivity index (χ4n) is 2.04. The lowest BCUT2D eigenvalue weighted by Gasteiger charge is -2.18. The van der Waals surface area contributed by atoms with Crippen molar-refractivity contribution in [3.8, 4) is 11.5 Å². The molecule has 1 aliphatic heterocycles. The van der Waals surface area contributed by atoms with Crippen molar-refractivity contribution < 1.29 is 14.3 Å². The number of nitrogens with zero attached hydrogens (tertiary/aromatic N) is 1. The Bertz CT molecular complexity index is 718. The molecule has 0 radical (unpaired) electrons. The second-order valence-electron chi connectivity index (χ2n) is 4.74. The highest BCUT2D eigenvalue weighted by Crippen LogP contribution is 2.34. The molecule has 8 heteroatoms. The molecular formula is C15H16N2O3S3. The Morgan fingerprint density at radius 2 is 2.13 bits per heavy atom. The molecule has 1 N–H and O–H groups in total. The molecule has 2 heterocycles. The summed E-state index contributed by atoms with van der Waals surface area (Å²) >= 11 is 4.60. The number of thioether (sulfide) groups is 2. The molecule has 0 fully saturated rings. The van der Waals surface area contributed by atoms with E-state index in [1.54, 1.807) is 11.8 Å². The van der Waals surface area contributed by atoms with E-state index in [4.69, 9.17) is 9.47 Å². The van der Waals surface area contributed by atoms with Gasteiger partial charge in [-0.1, -0.05) is 11.3 Å². The van der Waals surface area contributed by atoms with Crippen molar-refractivity contribution in [2.45, 2.75) is 16.0 Å². The molecule has 3 rings (SSSR count). The summed E-state index contributed by atoms with van der Waals surface area (Å²) in [6.07, 6.45) is 2.00. The molecule has 0 saturated carbocycles. The van der Waals surface area contributed by atoms with Crippen LogP contribution in [0.15, 0.2) is 27.3 Å². The normalized spacial score (nSPS) is 13.0. The third-order valence-electron chi connectivity index (χ3n) is 3.07. The van der Waals surface area contributed by atoms with Crippen LogP contribution in [0.3, 0.4) is 0 Å². The zero-order chi connectivity index (χ0) is 16.2. The minimum Gasteiger partial charge on any atom is -0.486 e. The third-order valence-corrected chi connectivity index (χ3v) is 6.35. The molecule has 0 spiro atoms. The predicted octanol–water partition coefficient (Wildman–Crippen LogP) is 3.68. The van der Waals surface area contributed by atoms with Crippen molar-refractivity contribution in [3.05, 3.63) is 23.9 Å². The van der Waals surface area contributed by atoms with E-state index < -0.39 is 0 Å². The van der Waals surface area contributed by atoms with Crippen molar-refractivity contribution >= 4 is 45.9 Å². The number of aromatic nitrogens is 1. The average molecular weight is 369 g/mol. The Morgan fingerprint density at radius 1 is 1.35 bits per heavy atom. The van der Waals surface area contributed by atoms with Crippen molar-refractivity contribution in [1.29, 1.82) is 0 Å². The lowest BCUT2D eigenvalue weighted by atomic mass is 10.3. The first-order chi connectivity index (χ1) is 11.2. The first kappa shape index (κ1) is 16.5. The molecule has 122 valence electrons. The van der Waals surface area contributed by atoms with Gasteiger partial charge >= 0.3 is 0 Å². The third kappa shape index (κ3) is 4.13. The molecule has 1 aliphatic rings. The first-order valence-electron chi connectivity index (χ1n) is 6.99. The number of carbonyl (C=O) groups is 1. The quantitative estimate of drug-likeness (QED) is 0.813. The maximum absolute atomic E-state index is 12.1. The maximum atomic E-state index is 12.1. The molecule has 23 heavy (non-hydrogen) atoms. The highest BCUT2D eigenvalue weighted by molar-refractivity contribution is 8.00. The number of benzene rings is 1. The van der Waals surface area contributed by atoms with Crippen LogP contribution < -0.4 is 14.8 Å². The molecule has 1 aromatic heterocycles. The number of amides is 1. The summed E-state index contributed by atoms with van der Waals surface area (Å²) in [6, 6.07) is 5.72. The van der Waals surface area contributed by atoms with Crippen LogP contribution in [0.2, 0.25) is 0 Å². The monoisotopic (exact) mass is 368 g/mol. The standard InChI is InChI=1S/C15H16N2O3S3/c1-9-14(21-2)23-15(16-9)17-13(18)8-22-10-3-4-11-12(7-10)20-6-5-19-11/h3-4,7H,5-6,8H2,1-2H3,(H,16,17,18). The number of rotatable bonds is 5. The minimum atomic E-state index is -0.0636. The molecule has 0 bridgehead atoms. The molecule has 2 aromatic rings. The predicted molar refractivity (Wildman–Crippen MR) is 95.4 cm³/mol. The van der Waals surface area contributed by atoms with Gasteiger partial charge in [0.05, 0.1) is 15.7 Å². The van der Waals surface area contributed by atoms with Crippen LogP contribution in [0, 0.1) is 6.92 Å². The van der Waals surface area contributed by atoms with Gasteiger partial charge in [-0.15, -0.1) is 23.5 Å². The van der Waals surface area contributed by atoms with Gasteiger partial charge in [0.1, 0.15) is 13.2 Å². The molecule has 0 atom stereocenters. The summed E-state index contributed by atoms with van der Waals surface area (Å²) in [6.45, 7) is 3.08. The van der Waals surface area contributed by atoms with E-state index in [2.05, 4.69) is 10.3 Å². The highest BCUT2D eigenvalue weighted by Gasteiger charge is 2.13. The maximum Gasteiger partial charge on any atom is 0.236 e. The second-order valence-corrected chi connectivity index (χ2v) is 7.86. The lowest BCUT2D eigenvalue weighted by Crippen LogP contribution is -2.15. The fraction of sp³-hybridized carbons (Fsp3) is 0.333. The van der Waals surface area contributed by atoms with E-state index >= 15 is 0 Å². The summed E-state index contributed by atoms with van der Waals surface area (Å²) in [4.78, 5) is 17.4. The Kier molecular flexibility index (Phi) is 5.34. The van der Waals surface area contributed by atoms with Gasteiger partial charge in [-0.25, -0.2) is 4.98 Å². The van der Waals surface area contributed by atoms with Crippen molar-refractivity contribution in [2.75, 3.05) is 30.5 Å². The Balaban J connectivity index is 1.56. The van der Waals surface area contributed by atoms with Crippen LogP contribution in [-0.2, 0) is 4.79 Å². The van der Waals surface area contributed by atoms with E-state index in [0.29, 0.717) is 24.1 Å². The molecule has 5 nitrogen and oxygen atoms in total. The molecule has 0 aliphatic carbocycles. The summed E-state index contributed by atoms with van der Waals surface area (Å²) in [5.41, 5.74) is 0.956. The number of ether oxygens (including phenoxy) is 2. The van der Waals surface area contributed by atoms with Gasteiger partial charge in [-0.3, -0.25) is 4.79 Å². The van der Waals surface area contributed by atoms with Crippen LogP contribution >= 0.6 is 34.9 Å². The highest BCUT2D eigenvalue weighted by atomic mass is 32.2. The van der Waals surface area contributed by atoms with Crippen LogP contribution in [0.1, 0.15) is 5.69 Å². The average Bonchev–Trinajstić information content (AvgIpc) is 2.92. The number of hydrogen-bond acceptors (Lipinski definition) is 7. The Morgan fingerprint density at radius 3 is 2.87 bits per heavy atom. The van der Waals surface area contributed by atoms with Gasteiger partial charge in [-0.05, 0) is 31.4 Å². The zero-order valence-corrected chi connectivity index (χ0v) is 15.2.